The third kappa shape index (κ3) is 3.95. The Labute approximate surface area is 153 Å². The second kappa shape index (κ2) is 7.72. The van der Waals surface area contributed by atoms with Crippen molar-refractivity contribution in [3.8, 4) is 0 Å². The first kappa shape index (κ1) is 18.2. The van der Waals surface area contributed by atoms with Crippen molar-refractivity contribution in [2.75, 3.05) is 13.1 Å². The highest BCUT2D eigenvalue weighted by Gasteiger charge is 2.36. The molecule has 1 aromatic carbocycles. The lowest BCUT2D eigenvalue weighted by Gasteiger charge is -2.38. The number of aromatic nitrogens is 1. The number of carbonyl (C=O) groups is 2. The normalized spacial score (nSPS) is 18.1. The van der Waals surface area contributed by atoms with E-state index in [9.17, 15) is 9.59 Å². The van der Waals surface area contributed by atoms with Gasteiger partial charge in [0, 0.05) is 12.6 Å². The van der Waals surface area contributed by atoms with Crippen LogP contribution in [0.4, 0.5) is 0 Å². The largest absolute Gasteiger partial charge is 0.359 e. The lowest BCUT2D eigenvalue weighted by molar-refractivity contribution is -0.155. The second-order valence-electron chi connectivity index (χ2n) is 7.07. The summed E-state index contributed by atoms with van der Waals surface area (Å²) in [7, 11) is 0. The number of carbonyl (C=O) groups excluding carboxylic acids is 2. The molecule has 3 rings (SSSR count). The fraction of sp³-hybridized carbons (Fsp3) is 0.450. The van der Waals surface area contributed by atoms with E-state index >= 15 is 0 Å². The maximum Gasteiger partial charge on any atom is 0.245 e. The highest BCUT2D eigenvalue weighted by atomic mass is 16.5. The lowest BCUT2D eigenvalue weighted by Crippen LogP contribution is -2.58. The number of nitrogens with zero attached hydrogens (tertiary/aromatic N) is 3. The van der Waals surface area contributed by atoms with Crippen LogP contribution in [0.3, 0.4) is 0 Å². The predicted molar refractivity (Wildman–Crippen MR) is 97.3 cm³/mol. The predicted octanol–water partition coefficient (Wildman–Crippen LogP) is 2.60. The van der Waals surface area contributed by atoms with E-state index in [2.05, 4.69) is 5.16 Å². The van der Waals surface area contributed by atoms with E-state index in [1.165, 1.54) is 0 Å². The van der Waals surface area contributed by atoms with E-state index in [1.807, 2.05) is 50.2 Å². The Morgan fingerprint density at radius 2 is 1.96 bits per heavy atom. The molecule has 6 heteroatoms. The Morgan fingerprint density at radius 1 is 1.23 bits per heavy atom. The Morgan fingerprint density at radius 3 is 2.62 bits per heavy atom. The first-order chi connectivity index (χ1) is 12.5. The molecule has 1 aliphatic rings. The maximum atomic E-state index is 12.7. The molecule has 0 bridgehead atoms. The summed E-state index contributed by atoms with van der Waals surface area (Å²) in [6, 6.07) is 11.3. The molecule has 0 aliphatic carbocycles. The molecule has 2 amide bonds. The van der Waals surface area contributed by atoms with Crippen LogP contribution in [-0.4, -0.2) is 45.9 Å². The summed E-state index contributed by atoms with van der Waals surface area (Å²) in [6.45, 7) is 6.77. The van der Waals surface area contributed by atoms with Crippen molar-refractivity contribution in [1.29, 1.82) is 0 Å². The molecule has 1 atom stereocenters. The van der Waals surface area contributed by atoms with Gasteiger partial charge in [0.2, 0.25) is 11.8 Å². The van der Waals surface area contributed by atoms with Gasteiger partial charge in [0.25, 0.3) is 0 Å². The average molecular weight is 355 g/mol. The lowest BCUT2D eigenvalue weighted by atomic mass is 10.1. The number of piperazine rings is 1. The molecule has 1 aromatic heterocycles. The number of amides is 2. The second-order valence-corrected chi connectivity index (χ2v) is 7.07. The van der Waals surface area contributed by atoms with Gasteiger partial charge in [-0.3, -0.25) is 9.59 Å². The molecule has 1 aliphatic heterocycles. The molecule has 0 N–H and O–H groups in total. The van der Waals surface area contributed by atoms with Crippen LogP contribution in [0.25, 0.3) is 0 Å². The van der Waals surface area contributed by atoms with E-state index in [4.69, 9.17) is 4.52 Å². The summed E-state index contributed by atoms with van der Waals surface area (Å²) in [5, 5.41) is 4.02. The zero-order chi connectivity index (χ0) is 18.7. The van der Waals surface area contributed by atoms with Crippen molar-refractivity contribution >= 4 is 11.8 Å². The van der Waals surface area contributed by atoms with Crippen LogP contribution < -0.4 is 0 Å². The molecule has 2 aromatic rings. The minimum absolute atomic E-state index is 0.0240. The van der Waals surface area contributed by atoms with E-state index < -0.39 is 6.04 Å². The fourth-order valence-corrected chi connectivity index (χ4v) is 3.11. The highest BCUT2D eigenvalue weighted by molar-refractivity contribution is 5.94. The topological polar surface area (TPSA) is 66.7 Å². The zero-order valence-electron chi connectivity index (χ0n) is 15.5. The highest BCUT2D eigenvalue weighted by Crippen LogP contribution is 2.19. The van der Waals surface area contributed by atoms with Crippen LogP contribution in [0.1, 0.15) is 43.7 Å². The first-order valence-electron chi connectivity index (χ1n) is 9.03. The van der Waals surface area contributed by atoms with Crippen LogP contribution in [0.2, 0.25) is 0 Å². The standard InChI is InChI=1S/C20H25N3O3/c1-14(2)18-11-17(26-21-18)12-23-15(3)20(25)22(13-19(23)24)10-9-16-7-5-4-6-8-16/h4-8,11,14-15H,9-10,12-13H2,1-3H3/t15-/m1/s1. The number of rotatable bonds is 6. The van der Waals surface area contributed by atoms with Gasteiger partial charge in [-0.15, -0.1) is 0 Å². The van der Waals surface area contributed by atoms with Crippen LogP contribution in [0.5, 0.6) is 0 Å². The van der Waals surface area contributed by atoms with Crippen LogP contribution in [0, 0.1) is 0 Å². The Kier molecular flexibility index (Phi) is 5.40. The molecule has 0 saturated carbocycles. The van der Waals surface area contributed by atoms with Crippen LogP contribution in [-0.2, 0) is 22.6 Å². The van der Waals surface area contributed by atoms with Gasteiger partial charge < -0.3 is 14.3 Å². The van der Waals surface area contributed by atoms with Gasteiger partial charge in [0.15, 0.2) is 5.76 Å². The van der Waals surface area contributed by atoms with Gasteiger partial charge in [-0.1, -0.05) is 49.3 Å². The van der Waals surface area contributed by atoms with E-state index in [0.717, 1.165) is 17.7 Å². The van der Waals surface area contributed by atoms with Gasteiger partial charge in [-0.05, 0) is 24.8 Å². The summed E-state index contributed by atoms with van der Waals surface area (Å²) >= 11 is 0. The molecular weight excluding hydrogens is 330 g/mol. The molecule has 2 heterocycles. The van der Waals surface area contributed by atoms with Crippen molar-refractivity contribution < 1.29 is 14.1 Å². The minimum Gasteiger partial charge on any atom is -0.359 e. The summed E-state index contributed by atoms with van der Waals surface area (Å²) in [6.07, 6.45) is 0.742. The first-order valence-corrected chi connectivity index (χ1v) is 9.03. The number of benzene rings is 1. The molecule has 26 heavy (non-hydrogen) atoms. The maximum absolute atomic E-state index is 12.7. The summed E-state index contributed by atoms with van der Waals surface area (Å²) in [5.74, 6) is 0.785. The van der Waals surface area contributed by atoms with E-state index in [0.29, 0.717) is 12.3 Å². The fourth-order valence-electron chi connectivity index (χ4n) is 3.11. The molecule has 138 valence electrons. The number of hydrogen-bond acceptors (Lipinski definition) is 4. The zero-order valence-corrected chi connectivity index (χ0v) is 15.5. The monoisotopic (exact) mass is 355 g/mol. The molecule has 0 unspecified atom stereocenters. The SMILES string of the molecule is CC(C)c1cc(CN2C(=O)CN(CCc3ccccc3)C(=O)[C@H]2C)on1. The summed E-state index contributed by atoms with van der Waals surface area (Å²) in [5.41, 5.74) is 2.01. The average Bonchev–Trinajstić information content (AvgIpc) is 3.10. The van der Waals surface area contributed by atoms with Gasteiger partial charge in [-0.2, -0.15) is 0 Å². The molecule has 0 radical (unpaired) electrons. The van der Waals surface area contributed by atoms with E-state index in [1.54, 1.807) is 16.7 Å². The van der Waals surface area contributed by atoms with Crippen molar-refractivity contribution in [3.63, 3.8) is 0 Å². The molecule has 0 spiro atoms. The van der Waals surface area contributed by atoms with Crippen LogP contribution in [0.15, 0.2) is 40.9 Å². The van der Waals surface area contributed by atoms with Crippen LogP contribution >= 0.6 is 0 Å². The Bertz CT molecular complexity index is 770. The smallest absolute Gasteiger partial charge is 0.245 e. The Balaban J connectivity index is 1.63. The van der Waals surface area contributed by atoms with Gasteiger partial charge in [0.05, 0.1) is 18.8 Å². The van der Waals surface area contributed by atoms with Crippen molar-refractivity contribution in [1.82, 2.24) is 15.0 Å². The molecule has 6 nitrogen and oxygen atoms in total. The van der Waals surface area contributed by atoms with Crippen molar-refractivity contribution in [3.05, 3.63) is 53.4 Å². The third-order valence-electron chi connectivity index (χ3n) is 4.79. The number of hydrogen-bond donors (Lipinski definition) is 0. The van der Waals surface area contributed by atoms with Gasteiger partial charge in [-0.25, -0.2) is 0 Å². The molecule has 1 saturated heterocycles. The van der Waals surface area contributed by atoms with Gasteiger partial charge >= 0.3 is 0 Å². The van der Waals surface area contributed by atoms with Crippen molar-refractivity contribution in [2.24, 2.45) is 0 Å². The molecular formula is C20H25N3O3. The van der Waals surface area contributed by atoms with E-state index in [-0.39, 0.29) is 30.8 Å². The minimum atomic E-state index is -0.500. The van der Waals surface area contributed by atoms with Gasteiger partial charge in [0.1, 0.15) is 6.04 Å². The summed E-state index contributed by atoms with van der Waals surface area (Å²) < 4.78 is 5.32. The molecule has 1 fully saturated rings. The summed E-state index contributed by atoms with van der Waals surface area (Å²) in [4.78, 5) is 28.5. The Hall–Kier alpha value is -2.63. The quantitative estimate of drug-likeness (QED) is 0.799. The third-order valence-corrected chi connectivity index (χ3v) is 4.79. The van der Waals surface area contributed by atoms with Crippen molar-refractivity contribution in [2.45, 2.75) is 45.7 Å².